The van der Waals surface area contributed by atoms with E-state index in [1.165, 1.54) is 32.1 Å². The number of hydrogen-bond acceptors (Lipinski definition) is 1. The molecular formula is C13H24O. The highest BCUT2D eigenvalue weighted by Crippen LogP contribution is 2.33. The highest BCUT2D eigenvalue weighted by Gasteiger charge is 2.25. The fourth-order valence-electron chi connectivity index (χ4n) is 2.87. The largest absolute Gasteiger partial charge is 0.300 e. The molecule has 0 heterocycles. The van der Waals surface area contributed by atoms with Gasteiger partial charge in [-0.3, -0.25) is 4.79 Å². The molecule has 0 aliphatic heterocycles. The van der Waals surface area contributed by atoms with Gasteiger partial charge >= 0.3 is 0 Å². The van der Waals surface area contributed by atoms with Gasteiger partial charge in [0.25, 0.3) is 0 Å². The lowest BCUT2D eigenvalue weighted by molar-refractivity contribution is -0.122. The first kappa shape index (κ1) is 11.7. The molecule has 82 valence electrons. The lowest BCUT2D eigenvalue weighted by Gasteiger charge is -2.22. The van der Waals surface area contributed by atoms with Crippen LogP contribution in [0.15, 0.2) is 0 Å². The van der Waals surface area contributed by atoms with Crippen LogP contribution in [0.25, 0.3) is 0 Å². The lowest BCUT2D eigenvalue weighted by atomic mass is 9.82. The summed E-state index contributed by atoms with van der Waals surface area (Å²) in [5, 5.41) is 0. The zero-order valence-corrected chi connectivity index (χ0v) is 9.88. The van der Waals surface area contributed by atoms with Crippen LogP contribution in [0.2, 0.25) is 0 Å². The molecule has 0 aromatic heterocycles. The van der Waals surface area contributed by atoms with Gasteiger partial charge in [-0.1, -0.05) is 33.1 Å². The van der Waals surface area contributed by atoms with Crippen LogP contribution in [-0.2, 0) is 4.79 Å². The number of hydrogen-bond donors (Lipinski definition) is 0. The van der Waals surface area contributed by atoms with Crippen LogP contribution in [0, 0.1) is 17.8 Å². The summed E-state index contributed by atoms with van der Waals surface area (Å²) in [4.78, 5) is 11.5. The summed E-state index contributed by atoms with van der Waals surface area (Å²) in [6.45, 7) is 6.26. The van der Waals surface area contributed by atoms with Crippen LogP contribution < -0.4 is 0 Å². The van der Waals surface area contributed by atoms with Crippen molar-refractivity contribution in [3.8, 4) is 0 Å². The Balaban J connectivity index is 2.53. The highest BCUT2D eigenvalue weighted by atomic mass is 16.1. The predicted molar refractivity (Wildman–Crippen MR) is 60.2 cm³/mol. The standard InChI is InChI=1S/C13H24O/c1-4-13(11(3)14)12-7-5-6-10(2)8-9-12/h10,12-13H,4-9H2,1-3H3. The molecule has 3 unspecified atom stereocenters. The van der Waals surface area contributed by atoms with Gasteiger partial charge < -0.3 is 0 Å². The third kappa shape index (κ3) is 3.11. The molecule has 3 atom stereocenters. The average molecular weight is 196 g/mol. The first-order chi connectivity index (χ1) is 6.65. The van der Waals surface area contributed by atoms with E-state index < -0.39 is 0 Å². The first-order valence-corrected chi connectivity index (χ1v) is 6.15. The van der Waals surface area contributed by atoms with Crippen molar-refractivity contribution in [2.24, 2.45) is 17.8 Å². The minimum atomic E-state index is 0.347. The van der Waals surface area contributed by atoms with Crippen molar-refractivity contribution in [2.45, 2.75) is 59.3 Å². The van der Waals surface area contributed by atoms with Gasteiger partial charge in [0.15, 0.2) is 0 Å². The molecule has 0 aromatic rings. The SMILES string of the molecule is CCC(C(C)=O)C1CCCC(C)CC1. The lowest BCUT2D eigenvalue weighted by Crippen LogP contribution is -2.20. The first-order valence-electron chi connectivity index (χ1n) is 6.15. The Morgan fingerprint density at radius 3 is 2.57 bits per heavy atom. The molecule has 1 heteroatoms. The Hall–Kier alpha value is -0.330. The summed E-state index contributed by atoms with van der Waals surface area (Å²) >= 11 is 0. The van der Waals surface area contributed by atoms with E-state index in [0.717, 1.165) is 12.3 Å². The van der Waals surface area contributed by atoms with Crippen LogP contribution in [0.1, 0.15) is 59.3 Å². The van der Waals surface area contributed by atoms with Crippen LogP contribution in [0.4, 0.5) is 0 Å². The maximum atomic E-state index is 11.5. The summed E-state index contributed by atoms with van der Waals surface area (Å²) in [5.74, 6) is 2.32. The molecule has 0 aromatic carbocycles. The molecule has 1 rings (SSSR count). The van der Waals surface area contributed by atoms with Crippen LogP contribution in [0.3, 0.4) is 0 Å². The van der Waals surface area contributed by atoms with E-state index in [4.69, 9.17) is 0 Å². The van der Waals surface area contributed by atoms with Crippen molar-refractivity contribution in [3.63, 3.8) is 0 Å². The number of rotatable bonds is 3. The van der Waals surface area contributed by atoms with E-state index in [9.17, 15) is 4.79 Å². The smallest absolute Gasteiger partial charge is 0.133 e. The quantitative estimate of drug-likeness (QED) is 0.627. The monoisotopic (exact) mass is 196 g/mol. The second kappa shape index (κ2) is 5.53. The Bertz CT molecular complexity index is 186. The van der Waals surface area contributed by atoms with Gasteiger partial charge in [0.05, 0.1) is 0 Å². The Morgan fingerprint density at radius 2 is 2.00 bits per heavy atom. The minimum Gasteiger partial charge on any atom is -0.300 e. The fourth-order valence-corrected chi connectivity index (χ4v) is 2.87. The van der Waals surface area contributed by atoms with Gasteiger partial charge in [-0.15, -0.1) is 0 Å². The molecule has 1 aliphatic rings. The van der Waals surface area contributed by atoms with E-state index in [1.807, 2.05) is 0 Å². The van der Waals surface area contributed by atoms with Gasteiger partial charge in [0.1, 0.15) is 5.78 Å². The van der Waals surface area contributed by atoms with Crippen molar-refractivity contribution in [2.75, 3.05) is 0 Å². The van der Waals surface area contributed by atoms with E-state index in [1.54, 1.807) is 6.92 Å². The molecule has 0 spiro atoms. The van der Waals surface area contributed by atoms with Gasteiger partial charge in [-0.25, -0.2) is 0 Å². The molecule has 0 radical (unpaired) electrons. The normalized spacial score (nSPS) is 30.8. The van der Waals surface area contributed by atoms with Crippen LogP contribution in [0.5, 0.6) is 0 Å². The summed E-state index contributed by atoms with van der Waals surface area (Å²) in [6, 6.07) is 0. The van der Waals surface area contributed by atoms with Crippen molar-refractivity contribution in [1.82, 2.24) is 0 Å². The molecule has 0 amide bonds. The molecule has 0 bridgehead atoms. The third-order valence-corrected chi connectivity index (χ3v) is 3.83. The molecule has 1 saturated carbocycles. The Labute approximate surface area is 88.3 Å². The maximum Gasteiger partial charge on any atom is 0.133 e. The van der Waals surface area contributed by atoms with Gasteiger partial charge in [-0.05, 0) is 38.0 Å². The maximum absolute atomic E-state index is 11.5. The van der Waals surface area contributed by atoms with E-state index in [0.29, 0.717) is 17.6 Å². The molecule has 1 aliphatic carbocycles. The second-order valence-electron chi connectivity index (χ2n) is 5.00. The second-order valence-corrected chi connectivity index (χ2v) is 5.00. The molecule has 1 nitrogen and oxygen atoms in total. The van der Waals surface area contributed by atoms with Gasteiger partial charge in [-0.2, -0.15) is 0 Å². The van der Waals surface area contributed by atoms with Crippen molar-refractivity contribution < 1.29 is 4.79 Å². The van der Waals surface area contributed by atoms with Crippen molar-refractivity contribution >= 4 is 5.78 Å². The number of Topliss-reactive ketones (excluding diaryl/α,β-unsaturated/α-hetero) is 1. The average Bonchev–Trinajstić information content (AvgIpc) is 2.32. The van der Waals surface area contributed by atoms with Gasteiger partial charge in [0, 0.05) is 5.92 Å². The molecular weight excluding hydrogens is 172 g/mol. The fraction of sp³-hybridized carbons (Fsp3) is 0.923. The van der Waals surface area contributed by atoms with Crippen LogP contribution in [-0.4, -0.2) is 5.78 Å². The Morgan fingerprint density at radius 1 is 1.29 bits per heavy atom. The third-order valence-electron chi connectivity index (χ3n) is 3.83. The number of carbonyl (C=O) groups excluding carboxylic acids is 1. The zero-order chi connectivity index (χ0) is 10.6. The zero-order valence-electron chi connectivity index (χ0n) is 9.88. The summed E-state index contributed by atoms with van der Waals surface area (Å²) in [7, 11) is 0. The highest BCUT2D eigenvalue weighted by molar-refractivity contribution is 5.78. The Kier molecular flexibility index (Phi) is 4.64. The summed E-state index contributed by atoms with van der Waals surface area (Å²) in [6.07, 6.45) is 7.62. The summed E-state index contributed by atoms with van der Waals surface area (Å²) in [5.41, 5.74) is 0. The summed E-state index contributed by atoms with van der Waals surface area (Å²) < 4.78 is 0. The van der Waals surface area contributed by atoms with Crippen LogP contribution >= 0.6 is 0 Å². The molecule has 1 fully saturated rings. The number of carbonyl (C=O) groups is 1. The topological polar surface area (TPSA) is 17.1 Å². The van der Waals surface area contributed by atoms with Gasteiger partial charge in [0.2, 0.25) is 0 Å². The minimum absolute atomic E-state index is 0.347. The van der Waals surface area contributed by atoms with E-state index in [-0.39, 0.29) is 0 Å². The molecule has 14 heavy (non-hydrogen) atoms. The molecule has 0 N–H and O–H groups in total. The number of ketones is 1. The van der Waals surface area contributed by atoms with E-state index in [2.05, 4.69) is 13.8 Å². The van der Waals surface area contributed by atoms with Crippen molar-refractivity contribution in [3.05, 3.63) is 0 Å². The van der Waals surface area contributed by atoms with E-state index >= 15 is 0 Å². The van der Waals surface area contributed by atoms with Crippen molar-refractivity contribution in [1.29, 1.82) is 0 Å². The molecule has 0 saturated heterocycles. The predicted octanol–water partition coefficient (Wildman–Crippen LogP) is 3.82.